The minimum atomic E-state index is -0.548. The third-order valence-corrected chi connectivity index (χ3v) is 3.58. The zero-order valence-electron chi connectivity index (χ0n) is 10.9. The molecule has 1 saturated carbocycles. The average molecular weight is 265 g/mol. The van der Waals surface area contributed by atoms with Gasteiger partial charge in [-0.05, 0) is 25.0 Å². The van der Waals surface area contributed by atoms with E-state index in [0.29, 0.717) is 24.2 Å². The van der Waals surface area contributed by atoms with Crippen LogP contribution in [0.4, 0.5) is 0 Å². The van der Waals surface area contributed by atoms with Crippen molar-refractivity contribution in [3.8, 4) is 5.75 Å². The van der Waals surface area contributed by atoms with Gasteiger partial charge in [0.2, 0.25) is 0 Å². The first-order valence-electron chi connectivity index (χ1n) is 6.38. The molecule has 19 heavy (non-hydrogen) atoms. The van der Waals surface area contributed by atoms with E-state index >= 15 is 0 Å². The van der Waals surface area contributed by atoms with E-state index in [1.807, 2.05) is 0 Å². The molecule has 0 radical (unpaired) electrons. The maximum absolute atomic E-state index is 12.1. The standard InChI is InChI=1S/C14H19NO4/c1-19-13-5-3-2-4-11(13)14(18)15-10-6-9(8-16)12(17)7-10/h2-5,9-10,12,16-17H,6-8H2,1H3,(H,15,18). The molecule has 5 heteroatoms. The highest BCUT2D eigenvalue weighted by Crippen LogP contribution is 2.26. The normalized spacial score (nSPS) is 26.2. The Morgan fingerprint density at radius 3 is 2.79 bits per heavy atom. The molecule has 0 saturated heterocycles. The van der Waals surface area contributed by atoms with Crippen LogP contribution in [0.2, 0.25) is 0 Å². The van der Waals surface area contributed by atoms with Crippen molar-refractivity contribution in [1.82, 2.24) is 5.32 Å². The van der Waals surface area contributed by atoms with Gasteiger partial charge in [-0.3, -0.25) is 4.79 Å². The molecule has 1 aliphatic carbocycles. The lowest BCUT2D eigenvalue weighted by molar-refractivity contribution is 0.0903. The number of amides is 1. The molecule has 0 aliphatic heterocycles. The summed E-state index contributed by atoms with van der Waals surface area (Å²) in [7, 11) is 1.52. The molecule has 1 amide bonds. The number of hydrogen-bond donors (Lipinski definition) is 3. The van der Waals surface area contributed by atoms with E-state index in [2.05, 4.69) is 5.32 Å². The number of aliphatic hydroxyl groups excluding tert-OH is 2. The Bertz CT molecular complexity index is 449. The third-order valence-electron chi connectivity index (χ3n) is 3.58. The van der Waals surface area contributed by atoms with Crippen LogP contribution in [0, 0.1) is 5.92 Å². The maximum atomic E-state index is 12.1. The lowest BCUT2D eigenvalue weighted by Gasteiger charge is -2.14. The van der Waals surface area contributed by atoms with Gasteiger partial charge in [-0.2, -0.15) is 0 Å². The van der Waals surface area contributed by atoms with Crippen molar-refractivity contribution in [1.29, 1.82) is 0 Å². The summed E-state index contributed by atoms with van der Waals surface area (Å²) in [6.45, 7) is -0.0534. The molecule has 104 valence electrons. The molecule has 1 fully saturated rings. The SMILES string of the molecule is COc1ccccc1C(=O)NC1CC(O)C(CO)C1. The van der Waals surface area contributed by atoms with Crippen molar-refractivity contribution in [2.75, 3.05) is 13.7 Å². The molecule has 2 rings (SSSR count). The van der Waals surface area contributed by atoms with Gasteiger partial charge in [0.15, 0.2) is 0 Å². The summed E-state index contributed by atoms with van der Waals surface area (Å²) in [6, 6.07) is 6.90. The lowest BCUT2D eigenvalue weighted by atomic mass is 10.1. The lowest BCUT2D eigenvalue weighted by Crippen LogP contribution is -2.33. The van der Waals surface area contributed by atoms with Crippen LogP contribution in [0.5, 0.6) is 5.75 Å². The van der Waals surface area contributed by atoms with Crippen molar-refractivity contribution >= 4 is 5.91 Å². The first-order valence-corrected chi connectivity index (χ1v) is 6.38. The van der Waals surface area contributed by atoms with E-state index in [1.54, 1.807) is 24.3 Å². The van der Waals surface area contributed by atoms with Crippen molar-refractivity contribution in [3.63, 3.8) is 0 Å². The predicted molar refractivity (Wildman–Crippen MR) is 70.1 cm³/mol. The molecule has 0 spiro atoms. The molecule has 0 heterocycles. The fraction of sp³-hybridized carbons (Fsp3) is 0.500. The number of benzene rings is 1. The van der Waals surface area contributed by atoms with Crippen LogP contribution in [0.3, 0.4) is 0 Å². The molecule has 3 N–H and O–H groups in total. The number of ether oxygens (including phenoxy) is 1. The predicted octanol–water partition coefficient (Wildman–Crippen LogP) is 0.557. The summed E-state index contributed by atoms with van der Waals surface area (Å²) in [6.07, 6.45) is 0.526. The van der Waals surface area contributed by atoms with Crippen LogP contribution in [0.25, 0.3) is 0 Å². The molecular weight excluding hydrogens is 246 g/mol. The van der Waals surface area contributed by atoms with Crippen molar-refractivity contribution in [2.24, 2.45) is 5.92 Å². The number of rotatable bonds is 4. The molecule has 1 aromatic carbocycles. The molecule has 1 aromatic rings. The second-order valence-electron chi connectivity index (χ2n) is 4.85. The minimum absolute atomic E-state index is 0.0534. The second-order valence-corrected chi connectivity index (χ2v) is 4.85. The van der Waals surface area contributed by atoms with Gasteiger partial charge >= 0.3 is 0 Å². The second kappa shape index (κ2) is 6.04. The van der Waals surface area contributed by atoms with Crippen LogP contribution in [0.15, 0.2) is 24.3 Å². The summed E-state index contributed by atoms with van der Waals surface area (Å²) in [4.78, 5) is 12.1. The van der Waals surface area contributed by atoms with Crippen LogP contribution in [-0.2, 0) is 0 Å². The topological polar surface area (TPSA) is 78.8 Å². The smallest absolute Gasteiger partial charge is 0.255 e. The molecule has 0 aromatic heterocycles. The van der Waals surface area contributed by atoms with E-state index in [4.69, 9.17) is 9.84 Å². The Kier molecular flexibility index (Phi) is 4.39. The first kappa shape index (κ1) is 13.8. The average Bonchev–Trinajstić information content (AvgIpc) is 2.78. The number of aliphatic hydroxyl groups is 2. The minimum Gasteiger partial charge on any atom is -0.496 e. The zero-order valence-corrected chi connectivity index (χ0v) is 10.9. The highest BCUT2D eigenvalue weighted by molar-refractivity contribution is 5.97. The number of carbonyl (C=O) groups excluding carboxylic acids is 1. The Labute approximate surface area is 112 Å². The molecule has 3 atom stereocenters. The monoisotopic (exact) mass is 265 g/mol. The number of hydrogen-bond acceptors (Lipinski definition) is 4. The summed E-state index contributed by atoms with van der Waals surface area (Å²) < 4.78 is 5.14. The van der Waals surface area contributed by atoms with Crippen molar-refractivity contribution in [3.05, 3.63) is 29.8 Å². The summed E-state index contributed by atoms with van der Waals surface area (Å²) in [5.74, 6) is 0.161. The van der Waals surface area contributed by atoms with Gasteiger partial charge in [0.25, 0.3) is 5.91 Å². The number of para-hydroxylation sites is 1. The number of methoxy groups -OCH3 is 1. The van der Waals surface area contributed by atoms with Gasteiger partial charge < -0.3 is 20.3 Å². The van der Waals surface area contributed by atoms with Gasteiger partial charge in [0.1, 0.15) is 5.75 Å². The van der Waals surface area contributed by atoms with Crippen molar-refractivity contribution in [2.45, 2.75) is 25.0 Å². The van der Waals surface area contributed by atoms with Gasteiger partial charge in [-0.15, -0.1) is 0 Å². The van der Waals surface area contributed by atoms with E-state index in [1.165, 1.54) is 7.11 Å². The van der Waals surface area contributed by atoms with E-state index in [9.17, 15) is 9.90 Å². The molecular formula is C14H19NO4. The Morgan fingerprint density at radius 1 is 1.42 bits per heavy atom. The first-order chi connectivity index (χ1) is 9.15. The third kappa shape index (κ3) is 3.05. The number of carbonyl (C=O) groups is 1. The molecule has 0 bridgehead atoms. The summed E-state index contributed by atoms with van der Waals surface area (Å²) in [5, 5.41) is 21.7. The van der Waals surface area contributed by atoms with Crippen LogP contribution < -0.4 is 10.1 Å². The molecule has 3 unspecified atom stereocenters. The van der Waals surface area contributed by atoms with Gasteiger partial charge in [0.05, 0.1) is 18.8 Å². The molecule has 1 aliphatic rings. The van der Waals surface area contributed by atoms with Crippen LogP contribution in [0.1, 0.15) is 23.2 Å². The highest BCUT2D eigenvalue weighted by Gasteiger charge is 2.33. The highest BCUT2D eigenvalue weighted by atomic mass is 16.5. The van der Waals surface area contributed by atoms with Crippen LogP contribution >= 0.6 is 0 Å². The van der Waals surface area contributed by atoms with E-state index in [0.717, 1.165) is 0 Å². The van der Waals surface area contributed by atoms with Gasteiger partial charge in [-0.25, -0.2) is 0 Å². The Balaban J connectivity index is 2.02. The van der Waals surface area contributed by atoms with Crippen molar-refractivity contribution < 1.29 is 19.7 Å². The maximum Gasteiger partial charge on any atom is 0.255 e. The van der Waals surface area contributed by atoms with Gasteiger partial charge in [-0.1, -0.05) is 12.1 Å². The largest absolute Gasteiger partial charge is 0.496 e. The Hall–Kier alpha value is -1.59. The number of nitrogens with one attached hydrogen (secondary N) is 1. The molecule has 5 nitrogen and oxygen atoms in total. The fourth-order valence-electron chi connectivity index (χ4n) is 2.51. The van der Waals surface area contributed by atoms with E-state index in [-0.39, 0.29) is 24.5 Å². The fourth-order valence-corrected chi connectivity index (χ4v) is 2.51. The Morgan fingerprint density at radius 2 is 2.16 bits per heavy atom. The van der Waals surface area contributed by atoms with Crippen LogP contribution in [-0.4, -0.2) is 42.0 Å². The summed E-state index contributed by atoms with van der Waals surface area (Å²) in [5.41, 5.74) is 0.479. The summed E-state index contributed by atoms with van der Waals surface area (Å²) >= 11 is 0. The zero-order chi connectivity index (χ0) is 13.8. The quantitative estimate of drug-likeness (QED) is 0.743. The van der Waals surface area contributed by atoms with Gasteiger partial charge in [0, 0.05) is 18.6 Å². The van der Waals surface area contributed by atoms with E-state index < -0.39 is 6.10 Å².